The Balaban J connectivity index is 1.77. The number of hydrogen-bond acceptors (Lipinski definition) is 4. The van der Waals surface area contributed by atoms with Crippen molar-refractivity contribution < 1.29 is 9.15 Å². The Kier molecular flexibility index (Phi) is 3.29. The number of nitrogen functional groups attached to an aromatic ring is 1. The van der Waals surface area contributed by atoms with Crippen molar-refractivity contribution in [3.63, 3.8) is 0 Å². The van der Waals surface area contributed by atoms with Gasteiger partial charge in [-0.05, 0) is 36.2 Å². The lowest BCUT2D eigenvalue weighted by Crippen LogP contribution is -1.93. The molecule has 0 fully saturated rings. The van der Waals surface area contributed by atoms with E-state index in [1.165, 1.54) is 5.56 Å². The van der Waals surface area contributed by atoms with Crippen LogP contribution in [0.15, 0.2) is 46.9 Å². The number of fused-ring (bicyclic) bond motifs is 1. The predicted molar refractivity (Wildman–Crippen MR) is 78.8 cm³/mol. The van der Waals surface area contributed by atoms with Gasteiger partial charge in [-0.15, -0.1) is 0 Å². The molecular weight excluding hydrogens is 252 g/mol. The summed E-state index contributed by atoms with van der Waals surface area (Å²) in [7, 11) is 1.64. The minimum atomic E-state index is 0.732. The van der Waals surface area contributed by atoms with Gasteiger partial charge in [-0.25, -0.2) is 4.98 Å². The van der Waals surface area contributed by atoms with Crippen LogP contribution in [0, 0.1) is 0 Å². The van der Waals surface area contributed by atoms with E-state index in [-0.39, 0.29) is 0 Å². The molecule has 2 aromatic carbocycles. The minimum absolute atomic E-state index is 0.732. The first kappa shape index (κ1) is 12.5. The molecule has 0 aliphatic carbocycles. The van der Waals surface area contributed by atoms with Gasteiger partial charge in [0.2, 0.25) is 0 Å². The zero-order chi connectivity index (χ0) is 13.9. The molecule has 20 heavy (non-hydrogen) atoms. The van der Waals surface area contributed by atoms with E-state index in [1.54, 1.807) is 7.11 Å². The standard InChI is InChI=1S/C16H16N2O2/c1-19-13-6-7-15-14(10-13)18-16(20-15)8-5-11-3-2-4-12(17)9-11/h2-4,6-7,9-10H,5,8,17H2,1H3. The number of rotatable bonds is 4. The molecule has 3 aromatic rings. The van der Waals surface area contributed by atoms with Crippen LogP contribution in [0.25, 0.3) is 11.1 Å². The molecule has 0 amide bonds. The summed E-state index contributed by atoms with van der Waals surface area (Å²) in [5.41, 5.74) is 9.35. The fourth-order valence-corrected chi connectivity index (χ4v) is 2.19. The van der Waals surface area contributed by atoms with Crippen LogP contribution in [0.3, 0.4) is 0 Å². The second kappa shape index (κ2) is 5.25. The number of aromatic nitrogens is 1. The highest BCUT2D eigenvalue weighted by Gasteiger charge is 2.07. The largest absolute Gasteiger partial charge is 0.497 e. The number of nitrogens with two attached hydrogens (primary N) is 1. The maximum Gasteiger partial charge on any atom is 0.195 e. The third-order valence-electron chi connectivity index (χ3n) is 3.22. The number of methoxy groups -OCH3 is 1. The number of anilines is 1. The van der Waals surface area contributed by atoms with Crippen LogP contribution in [0.1, 0.15) is 11.5 Å². The average Bonchev–Trinajstić information content (AvgIpc) is 2.87. The third-order valence-corrected chi connectivity index (χ3v) is 3.22. The summed E-state index contributed by atoms with van der Waals surface area (Å²) >= 11 is 0. The van der Waals surface area contributed by atoms with E-state index < -0.39 is 0 Å². The van der Waals surface area contributed by atoms with Crippen molar-refractivity contribution in [1.29, 1.82) is 0 Å². The van der Waals surface area contributed by atoms with Crippen LogP contribution in [0.2, 0.25) is 0 Å². The van der Waals surface area contributed by atoms with Gasteiger partial charge < -0.3 is 14.9 Å². The maximum absolute atomic E-state index is 5.77. The molecule has 0 saturated carbocycles. The van der Waals surface area contributed by atoms with Crippen molar-refractivity contribution in [2.24, 2.45) is 0 Å². The Hall–Kier alpha value is -2.49. The van der Waals surface area contributed by atoms with Gasteiger partial charge in [-0.3, -0.25) is 0 Å². The summed E-state index contributed by atoms with van der Waals surface area (Å²) in [4.78, 5) is 4.48. The summed E-state index contributed by atoms with van der Waals surface area (Å²) in [6.45, 7) is 0. The average molecular weight is 268 g/mol. The van der Waals surface area contributed by atoms with E-state index in [1.807, 2.05) is 36.4 Å². The maximum atomic E-state index is 5.77. The number of aryl methyl sites for hydroxylation is 2. The van der Waals surface area contributed by atoms with Crippen molar-refractivity contribution in [3.8, 4) is 5.75 Å². The predicted octanol–water partition coefficient (Wildman–Crippen LogP) is 3.20. The van der Waals surface area contributed by atoms with E-state index in [0.717, 1.165) is 41.3 Å². The Labute approximate surface area is 117 Å². The lowest BCUT2D eigenvalue weighted by Gasteiger charge is -1.99. The molecule has 0 aliphatic heterocycles. The Bertz CT molecular complexity index is 734. The summed E-state index contributed by atoms with van der Waals surface area (Å²) in [6, 6.07) is 13.5. The molecule has 1 heterocycles. The zero-order valence-electron chi connectivity index (χ0n) is 11.3. The van der Waals surface area contributed by atoms with Crippen LogP contribution in [0.5, 0.6) is 5.75 Å². The Morgan fingerprint density at radius 1 is 1.15 bits per heavy atom. The first-order valence-corrected chi connectivity index (χ1v) is 6.52. The molecule has 3 rings (SSSR count). The SMILES string of the molecule is COc1ccc2oc(CCc3cccc(N)c3)nc2c1. The summed E-state index contributed by atoms with van der Waals surface area (Å²) in [6.07, 6.45) is 1.61. The molecule has 0 unspecified atom stereocenters. The fourth-order valence-electron chi connectivity index (χ4n) is 2.19. The van der Waals surface area contributed by atoms with E-state index in [0.29, 0.717) is 0 Å². The molecule has 102 valence electrons. The molecule has 0 radical (unpaired) electrons. The van der Waals surface area contributed by atoms with E-state index in [2.05, 4.69) is 11.1 Å². The summed E-state index contributed by atoms with van der Waals surface area (Å²) in [5, 5.41) is 0. The van der Waals surface area contributed by atoms with E-state index >= 15 is 0 Å². The first-order valence-electron chi connectivity index (χ1n) is 6.52. The zero-order valence-corrected chi connectivity index (χ0v) is 11.3. The highest BCUT2D eigenvalue weighted by atomic mass is 16.5. The number of nitrogens with zero attached hydrogens (tertiary/aromatic N) is 1. The monoisotopic (exact) mass is 268 g/mol. The van der Waals surface area contributed by atoms with Crippen LogP contribution >= 0.6 is 0 Å². The molecule has 0 saturated heterocycles. The minimum Gasteiger partial charge on any atom is -0.497 e. The van der Waals surface area contributed by atoms with Crippen LogP contribution in [-0.4, -0.2) is 12.1 Å². The first-order chi connectivity index (χ1) is 9.74. The topological polar surface area (TPSA) is 61.3 Å². The lowest BCUT2D eigenvalue weighted by molar-refractivity contribution is 0.415. The van der Waals surface area contributed by atoms with Gasteiger partial charge in [0.1, 0.15) is 11.3 Å². The highest BCUT2D eigenvalue weighted by molar-refractivity contribution is 5.74. The van der Waals surface area contributed by atoms with Gasteiger partial charge in [0.25, 0.3) is 0 Å². The molecule has 0 atom stereocenters. The van der Waals surface area contributed by atoms with Crippen molar-refractivity contribution in [2.75, 3.05) is 12.8 Å². The van der Waals surface area contributed by atoms with Gasteiger partial charge in [0.15, 0.2) is 11.5 Å². The molecule has 2 N–H and O–H groups in total. The van der Waals surface area contributed by atoms with Crippen LogP contribution < -0.4 is 10.5 Å². The molecule has 0 spiro atoms. The number of oxazole rings is 1. The van der Waals surface area contributed by atoms with Gasteiger partial charge in [0, 0.05) is 18.2 Å². The third kappa shape index (κ3) is 2.59. The summed E-state index contributed by atoms with van der Waals surface area (Å²) in [5.74, 6) is 1.52. The van der Waals surface area contributed by atoms with Gasteiger partial charge >= 0.3 is 0 Å². The second-order valence-electron chi connectivity index (χ2n) is 4.69. The molecule has 0 bridgehead atoms. The fraction of sp³-hybridized carbons (Fsp3) is 0.188. The Morgan fingerprint density at radius 3 is 2.85 bits per heavy atom. The summed E-state index contributed by atoms with van der Waals surface area (Å²) < 4.78 is 10.9. The van der Waals surface area contributed by atoms with Crippen LogP contribution in [-0.2, 0) is 12.8 Å². The van der Waals surface area contributed by atoms with E-state index in [4.69, 9.17) is 14.9 Å². The molecule has 1 aromatic heterocycles. The lowest BCUT2D eigenvalue weighted by atomic mass is 10.1. The quantitative estimate of drug-likeness (QED) is 0.738. The number of hydrogen-bond donors (Lipinski definition) is 1. The molecule has 4 nitrogen and oxygen atoms in total. The molecular formula is C16H16N2O2. The normalized spacial score (nSPS) is 10.8. The smallest absolute Gasteiger partial charge is 0.195 e. The van der Waals surface area contributed by atoms with Crippen LogP contribution in [0.4, 0.5) is 5.69 Å². The van der Waals surface area contributed by atoms with Crippen molar-refractivity contribution >= 4 is 16.8 Å². The second-order valence-corrected chi connectivity index (χ2v) is 4.69. The van der Waals surface area contributed by atoms with Gasteiger partial charge in [-0.2, -0.15) is 0 Å². The molecule has 0 aliphatic rings. The van der Waals surface area contributed by atoms with Gasteiger partial charge in [-0.1, -0.05) is 12.1 Å². The van der Waals surface area contributed by atoms with Crippen molar-refractivity contribution in [1.82, 2.24) is 4.98 Å². The van der Waals surface area contributed by atoms with E-state index in [9.17, 15) is 0 Å². The van der Waals surface area contributed by atoms with Crippen molar-refractivity contribution in [2.45, 2.75) is 12.8 Å². The van der Waals surface area contributed by atoms with Gasteiger partial charge in [0.05, 0.1) is 7.11 Å². The molecule has 4 heteroatoms. The Morgan fingerprint density at radius 2 is 2.05 bits per heavy atom. The number of benzene rings is 2. The van der Waals surface area contributed by atoms with Crippen molar-refractivity contribution in [3.05, 3.63) is 53.9 Å². The highest BCUT2D eigenvalue weighted by Crippen LogP contribution is 2.22. The number of ether oxygens (including phenoxy) is 1.